The lowest BCUT2D eigenvalue weighted by Crippen LogP contribution is -2.40. The van der Waals surface area contributed by atoms with Crippen LogP contribution < -0.4 is 0 Å². The van der Waals surface area contributed by atoms with Crippen LogP contribution in [0.4, 0.5) is 0 Å². The first-order valence-corrected chi connectivity index (χ1v) is 6.01. The van der Waals surface area contributed by atoms with Gasteiger partial charge in [0.2, 0.25) is 0 Å². The van der Waals surface area contributed by atoms with Crippen LogP contribution in [0.5, 0.6) is 0 Å². The molecule has 3 aliphatic carbocycles. The average Bonchev–Trinajstić information content (AvgIpc) is 2.81. The predicted molar refractivity (Wildman–Crippen MR) is 60.0 cm³/mol. The summed E-state index contributed by atoms with van der Waals surface area (Å²) in [6.45, 7) is 0. The Kier molecular flexibility index (Phi) is 1.80. The van der Waals surface area contributed by atoms with Crippen molar-refractivity contribution < 1.29 is 0 Å². The van der Waals surface area contributed by atoms with Gasteiger partial charge in [-0.15, -0.1) is 0 Å². The molecule has 0 amide bonds. The molecule has 0 radical (unpaired) electrons. The number of hydrogen-bond donors (Lipinski definition) is 0. The summed E-state index contributed by atoms with van der Waals surface area (Å²) >= 11 is 0. The standard InChI is InChI=1S/C14H14N2/c15-9-11-4-8-14-6-2-1-5-13(11,14)7-3-12(14)10-16/h3-4H,1-2,5-8H2. The van der Waals surface area contributed by atoms with Crippen LogP contribution in [-0.2, 0) is 0 Å². The van der Waals surface area contributed by atoms with Gasteiger partial charge in [0.1, 0.15) is 0 Å². The number of nitrogens with zero attached hydrogens (tertiary/aromatic N) is 2. The smallest absolute Gasteiger partial charge is 0.0950 e. The van der Waals surface area contributed by atoms with Gasteiger partial charge in [0, 0.05) is 22.0 Å². The van der Waals surface area contributed by atoms with Crippen LogP contribution in [0.3, 0.4) is 0 Å². The zero-order chi connectivity index (χ0) is 11.2. The van der Waals surface area contributed by atoms with E-state index < -0.39 is 0 Å². The van der Waals surface area contributed by atoms with Crippen molar-refractivity contribution in [2.45, 2.75) is 38.5 Å². The third kappa shape index (κ3) is 0.828. The maximum absolute atomic E-state index is 9.28. The molecular formula is C14H14N2. The topological polar surface area (TPSA) is 47.6 Å². The molecule has 0 saturated heterocycles. The van der Waals surface area contributed by atoms with Gasteiger partial charge >= 0.3 is 0 Å². The molecule has 0 N–H and O–H groups in total. The molecule has 0 aromatic heterocycles. The summed E-state index contributed by atoms with van der Waals surface area (Å²) in [4.78, 5) is 0. The Hall–Kier alpha value is -1.54. The fourth-order valence-corrected chi connectivity index (χ4v) is 4.18. The Morgan fingerprint density at radius 1 is 0.875 bits per heavy atom. The van der Waals surface area contributed by atoms with E-state index >= 15 is 0 Å². The molecule has 2 nitrogen and oxygen atoms in total. The fourth-order valence-electron chi connectivity index (χ4n) is 4.18. The van der Waals surface area contributed by atoms with Crippen molar-refractivity contribution in [3.05, 3.63) is 23.3 Å². The Bertz CT molecular complexity index is 440. The molecule has 1 saturated carbocycles. The SMILES string of the molecule is N#CC1=CCC23CCCCC12CC=C3C#N. The molecule has 16 heavy (non-hydrogen) atoms. The van der Waals surface area contributed by atoms with Gasteiger partial charge in [0.15, 0.2) is 0 Å². The van der Waals surface area contributed by atoms with Crippen molar-refractivity contribution in [3.8, 4) is 12.1 Å². The number of nitriles is 2. The molecule has 2 unspecified atom stereocenters. The second-order valence-electron chi connectivity index (χ2n) is 5.24. The molecule has 0 aromatic carbocycles. The predicted octanol–water partition coefficient (Wildman–Crippen LogP) is 3.24. The molecule has 0 heterocycles. The van der Waals surface area contributed by atoms with Crippen LogP contribution in [-0.4, -0.2) is 0 Å². The minimum Gasteiger partial charge on any atom is -0.193 e. The Labute approximate surface area is 95.9 Å². The monoisotopic (exact) mass is 210 g/mol. The second-order valence-corrected chi connectivity index (χ2v) is 5.24. The van der Waals surface area contributed by atoms with Crippen molar-refractivity contribution in [1.82, 2.24) is 0 Å². The number of rotatable bonds is 0. The summed E-state index contributed by atoms with van der Waals surface area (Å²) in [7, 11) is 0. The summed E-state index contributed by atoms with van der Waals surface area (Å²) in [5.74, 6) is 0. The van der Waals surface area contributed by atoms with Gasteiger partial charge in [-0.1, -0.05) is 25.0 Å². The molecule has 1 fully saturated rings. The zero-order valence-electron chi connectivity index (χ0n) is 9.29. The Morgan fingerprint density at radius 3 is 1.69 bits per heavy atom. The highest BCUT2D eigenvalue weighted by Crippen LogP contribution is 2.68. The van der Waals surface area contributed by atoms with E-state index in [1.165, 1.54) is 12.8 Å². The van der Waals surface area contributed by atoms with Crippen molar-refractivity contribution in [2.24, 2.45) is 10.8 Å². The maximum atomic E-state index is 9.28. The van der Waals surface area contributed by atoms with Gasteiger partial charge in [-0.25, -0.2) is 0 Å². The van der Waals surface area contributed by atoms with Crippen molar-refractivity contribution in [2.75, 3.05) is 0 Å². The molecular weight excluding hydrogens is 196 g/mol. The largest absolute Gasteiger partial charge is 0.193 e. The normalized spacial score (nSPS) is 40.1. The highest BCUT2D eigenvalue weighted by molar-refractivity contribution is 5.51. The number of allylic oxidation sites excluding steroid dienone is 4. The van der Waals surface area contributed by atoms with Crippen LogP contribution in [0, 0.1) is 33.5 Å². The minimum absolute atomic E-state index is 0.00502. The number of hydrogen-bond acceptors (Lipinski definition) is 2. The first kappa shape index (κ1) is 9.67. The summed E-state index contributed by atoms with van der Waals surface area (Å²) in [5, 5.41) is 18.6. The molecule has 0 spiro atoms. The molecule has 80 valence electrons. The van der Waals surface area contributed by atoms with E-state index in [0.717, 1.165) is 36.8 Å². The zero-order valence-corrected chi connectivity index (χ0v) is 9.29. The van der Waals surface area contributed by atoms with Crippen molar-refractivity contribution >= 4 is 0 Å². The summed E-state index contributed by atoms with van der Waals surface area (Å²) in [6.07, 6.45) is 10.6. The van der Waals surface area contributed by atoms with Crippen LogP contribution in [0.15, 0.2) is 23.3 Å². The van der Waals surface area contributed by atoms with Gasteiger partial charge in [-0.2, -0.15) is 10.5 Å². The van der Waals surface area contributed by atoms with Gasteiger partial charge in [0.05, 0.1) is 12.1 Å². The maximum Gasteiger partial charge on any atom is 0.0950 e. The van der Waals surface area contributed by atoms with E-state index in [2.05, 4.69) is 24.3 Å². The van der Waals surface area contributed by atoms with Crippen molar-refractivity contribution in [1.29, 1.82) is 10.5 Å². The summed E-state index contributed by atoms with van der Waals surface area (Å²) in [6, 6.07) is 4.77. The first-order valence-electron chi connectivity index (χ1n) is 6.01. The molecule has 3 aliphatic rings. The van der Waals surface area contributed by atoms with E-state index in [1.54, 1.807) is 0 Å². The first-order chi connectivity index (χ1) is 7.79. The van der Waals surface area contributed by atoms with E-state index in [0.29, 0.717) is 0 Å². The highest BCUT2D eigenvalue weighted by atomic mass is 14.6. The lowest BCUT2D eigenvalue weighted by Gasteiger charge is -2.46. The van der Waals surface area contributed by atoms with E-state index in [4.69, 9.17) is 0 Å². The molecule has 0 bridgehead atoms. The molecule has 0 aromatic rings. The van der Waals surface area contributed by atoms with Crippen molar-refractivity contribution in [3.63, 3.8) is 0 Å². The lowest BCUT2D eigenvalue weighted by molar-refractivity contribution is 0.0978. The van der Waals surface area contributed by atoms with Crippen LogP contribution >= 0.6 is 0 Å². The lowest BCUT2D eigenvalue weighted by atomic mass is 9.55. The highest BCUT2D eigenvalue weighted by Gasteiger charge is 2.61. The molecule has 2 atom stereocenters. The van der Waals surface area contributed by atoms with Gasteiger partial charge in [-0.05, 0) is 25.7 Å². The Balaban J connectivity index is 2.15. The Morgan fingerprint density at radius 2 is 1.31 bits per heavy atom. The summed E-state index contributed by atoms with van der Waals surface area (Å²) < 4.78 is 0. The van der Waals surface area contributed by atoms with E-state index in [1.807, 2.05) is 0 Å². The fraction of sp³-hybridized carbons (Fsp3) is 0.571. The quantitative estimate of drug-likeness (QED) is 0.616. The summed E-state index contributed by atoms with van der Waals surface area (Å²) in [5.41, 5.74) is 1.92. The third-order valence-corrected chi connectivity index (χ3v) is 4.95. The van der Waals surface area contributed by atoms with Crippen LogP contribution in [0.2, 0.25) is 0 Å². The molecule has 2 heteroatoms. The van der Waals surface area contributed by atoms with Crippen LogP contribution in [0.25, 0.3) is 0 Å². The van der Waals surface area contributed by atoms with Gasteiger partial charge in [0.25, 0.3) is 0 Å². The second kappa shape index (κ2) is 2.98. The van der Waals surface area contributed by atoms with Gasteiger partial charge < -0.3 is 0 Å². The average molecular weight is 210 g/mol. The van der Waals surface area contributed by atoms with Gasteiger partial charge in [-0.3, -0.25) is 0 Å². The van der Waals surface area contributed by atoms with E-state index in [9.17, 15) is 10.5 Å². The van der Waals surface area contributed by atoms with Crippen LogP contribution in [0.1, 0.15) is 38.5 Å². The van der Waals surface area contributed by atoms with E-state index in [-0.39, 0.29) is 10.8 Å². The molecule has 0 aliphatic heterocycles. The minimum atomic E-state index is 0.00502. The third-order valence-electron chi connectivity index (χ3n) is 4.95. The molecule has 3 rings (SSSR count).